The maximum Gasteiger partial charge on any atom is 0.498 e. The summed E-state index contributed by atoms with van der Waals surface area (Å²) in [6.45, 7) is 18.4. The van der Waals surface area contributed by atoms with E-state index in [0.29, 0.717) is 30.9 Å². The van der Waals surface area contributed by atoms with E-state index in [4.69, 9.17) is 18.8 Å². The number of carbonyl (C=O) groups excluding carboxylic acids is 1. The van der Waals surface area contributed by atoms with Crippen LogP contribution in [0.2, 0.25) is 0 Å². The molecule has 0 aromatic heterocycles. The van der Waals surface area contributed by atoms with Gasteiger partial charge in [-0.25, -0.2) is 0 Å². The van der Waals surface area contributed by atoms with Crippen molar-refractivity contribution in [3.63, 3.8) is 0 Å². The van der Waals surface area contributed by atoms with Crippen LogP contribution in [0.3, 0.4) is 0 Å². The summed E-state index contributed by atoms with van der Waals surface area (Å²) < 4.78 is 23.2. The zero-order valence-corrected chi connectivity index (χ0v) is 21.1. The molecule has 1 aromatic rings. The van der Waals surface area contributed by atoms with Crippen LogP contribution in [-0.2, 0) is 25.3 Å². The maximum absolute atomic E-state index is 11.9. The molecule has 1 saturated heterocycles. The third kappa shape index (κ3) is 6.64. The van der Waals surface area contributed by atoms with Crippen LogP contribution in [0.4, 0.5) is 0 Å². The standard InChI is InChI=1S/C26H39BO6/c1-9-21(27-32-25(5,6)26(7,8)33-27)24(29)19(4)18(3)15-16-31-22-14-12-11-13-20(22)17-23(28)30-10-2/h9,11-14,18-19,29H,1,10,15-17H2,2-8H3/b24-21-/t18-,19?/m1/s1. The number of ether oxygens (including phenoxy) is 2. The van der Waals surface area contributed by atoms with Gasteiger partial charge in [-0.2, -0.15) is 0 Å². The topological polar surface area (TPSA) is 74.2 Å². The summed E-state index contributed by atoms with van der Waals surface area (Å²) in [5.41, 5.74) is 0.375. The molecule has 1 aliphatic rings. The van der Waals surface area contributed by atoms with Crippen molar-refractivity contribution in [2.75, 3.05) is 13.2 Å². The number of para-hydroxylation sites is 1. The number of esters is 1. The Morgan fingerprint density at radius 2 is 1.79 bits per heavy atom. The van der Waals surface area contributed by atoms with E-state index in [9.17, 15) is 9.90 Å². The van der Waals surface area contributed by atoms with E-state index in [1.807, 2.05) is 58.9 Å². The molecule has 6 nitrogen and oxygen atoms in total. The minimum atomic E-state index is -0.659. The molecule has 0 amide bonds. The summed E-state index contributed by atoms with van der Waals surface area (Å²) >= 11 is 0. The molecule has 2 atom stereocenters. The molecule has 0 aliphatic carbocycles. The number of hydrogen-bond donors (Lipinski definition) is 1. The fraction of sp³-hybridized carbons (Fsp3) is 0.577. The van der Waals surface area contributed by atoms with Gasteiger partial charge in [0.05, 0.1) is 36.6 Å². The number of rotatable bonds is 11. The number of aliphatic hydroxyl groups excluding tert-OH is 1. The summed E-state index contributed by atoms with van der Waals surface area (Å²) in [6, 6.07) is 7.48. The number of hydrogen-bond acceptors (Lipinski definition) is 6. The smallest absolute Gasteiger partial charge is 0.498 e. The first kappa shape index (κ1) is 27.0. The molecule has 182 valence electrons. The van der Waals surface area contributed by atoms with E-state index in [1.54, 1.807) is 13.0 Å². The third-order valence-electron chi connectivity index (χ3n) is 6.75. The molecule has 0 radical (unpaired) electrons. The Bertz CT molecular complexity index is 844. The first-order valence-corrected chi connectivity index (χ1v) is 11.7. The Hall–Kier alpha value is -2.25. The minimum absolute atomic E-state index is 0.125. The van der Waals surface area contributed by atoms with Crippen LogP contribution in [0.5, 0.6) is 5.75 Å². The van der Waals surface area contributed by atoms with Gasteiger partial charge >= 0.3 is 13.1 Å². The lowest BCUT2D eigenvalue weighted by Crippen LogP contribution is -2.41. The Balaban J connectivity index is 2.01. The molecule has 0 saturated carbocycles. The highest BCUT2D eigenvalue weighted by Gasteiger charge is 2.52. The zero-order valence-electron chi connectivity index (χ0n) is 21.1. The minimum Gasteiger partial charge on any atom is -0.512 e. The molecule has 0 spiro atoms. The second-order valence-electron chi connectivity index (χ2n) is 9.63. The second kappa shape index (κ2) is 11.3. The van der Waals surface area contributed by atoms with Crippen LogP contribution in [0.25, 0.3) is 0 Å². The molecule has 1 fully saturated rings. The molecule has 1 aromatic carbocycles. The van der Waals surface area contributed by atoms with E-state index in [0.717, 1.165) is 5.56 Å². The summed E-state index contributed by atoms with van der Waals surface area (Å²) in [6.07, 6.45) is 2.51. The SMILES string of the molecule is C=C/C(B1OC(C)(C)C(C)(C)O1)=C(/O)C(C)[C@H](C)CCOc1ccccc1CC(=O)OCC. The largest absolute Gasteiger partial charge is 0.512 e. The molecule has 1 N–H and O–H groups in total. The van der Waals surface area contributed by atoms with Gasteiger partial charge in [0.25, 0.3) is 0 Å². The highest BCUT2D eigenvalue weighted by Crippen LogP contribution is 2.40. The molecule has 2 rings (SSSR count). The lowest BCUT2D eigenvalue weighted by Gasteiger charge is -2.32. The molecule has 1 unspecified atom stereocenters. The molecule has 1 heterocycles. The maximum atomic E-state index is 11.9. The lowest BCUT2D eigenvalue weighted by atomic mass is 9.74. The summed E-state index contributed by atoms with van der Waals surface area (Å²) in [5, 5.41) is 11.0. The third-order valence-corrected chi connectivity index (χ3v) is 6.75. The van der Waals surface area contributed by atoms with Crippen molar-refractivity contribution in [2.24, 2.45) is 11.8 Å². The van der Waals surface area contributed by atoms with Gasteiger partial charge in [-0.05, 0) is 53.0 Å². The molecule has 1 aliphatic heterocycles. The van der Waals surface area contributed by atoms with Crippen molar-refractivity contribution >= 4 is 13.1 Å². The number of benzene rings is 1. The first-order valence-electron chi connectivity index (χ1n) is 11.7. The van der Waals surface area contributed by atoms with Crippen LogP contribution in [0.15, 0.2) is 48.2 Å². The molecular formula is C26H39BO6. The van der Waals surface area contributed by atoms with Crippen molar-refractivity contribution in [1.82, 2.24) is 0 Å². The number of carbonyl (C=O) groups is 1. The Labute approximate surface area is 199 Å². The summed E-state index contributed by atoms with van der Waals surface area (Å²) in [4.78, 5) is 11.9. The van der Waals surface area contributed by atoms with E-state index in [-0.39, 0.29) is 30.0 Å². The van der Waals surface area contributed by atoms with Crippen LogP contribution >= 0.6 is 0 Å². The predicted molar refractivity (Wildman–Crippen MR) is 131 cm³/mol. The van der Waals surface area contributed by atoms with Gasteiger partial charge in [-0.3, -0.25) is 4.79 Å². The first-order chi connectivity index (χ1) is 15.4. The highest BCUT2D eigenvalue weighted by atomic mass is 16.7. The van der Waals surface area contributed by atoms with E-state index in [2.05, 4.69) is 13.5 Å². The molecule has 33 heavy (non-hydrogen) atoms. The predicted octanol–water partition coefficient (Wildman–Crippen LogP) is 5.46. The van der Waals surface area contributed by atoms with Crippen LogP contribution < -0.4 is 4.74 Å². The molecule has 0 bridgehead atoms. The Morgan fingerprint density at radius 1 is 1.18 bits per heavy atom. The Kier molecular flexibility index (Phi) is 9.21. The average molecular weight is 458 g/mol. The fourth-order valence-corrected chi connectivity index (χ4v) is 3.59. The van der Waals surface area contributed by atoms with Gasteiger partial charge in [-0.1, -0.05) is 44.7 Å². The van der Waals surface area contributed by atoms with Gasteiger partial charge in [0.15, 0.2) is 0 Å². The second-order valence-corrected chi connectivity index (χ2v) is 9.63. The van der Waals surface area contributed by atoms with E-state index < -0.39 is 18.3 Å². The van der Waals surface area contributed by atoms with Crippen molar-refractivity contribution in [1.29, 1.82) is 0 Å². The van der Waals surface area contributed by atoms with Gasteiger partial charge < -0.3 is 23.9 Å². The molecular weight excluding hydrogens is 419 g/mol. The zero-order chi connectivity index (χ0) is 24.8. The normalized spacial score (nSPS) is 19.4. The van der Waals surface area contributed by atoms with E-state index >= 15 is 0 Å². The lowest BCUT2D eigenvalue weighted by molar-refractivity contribution is -0.142. The monoisotopic (exact) mass is 458 g/mol. The number of aliphatic hydroxyl groups is 1. The van der Waals surface area contributed by atoms with Crippen molar-refractivity contribution in [3.8, 4) is 5.75 Å². The Morgan fingerprint density at radius 3 is 2.36 bits per heavy atom. The fourth-order valence-electron chi connectivity index (χ4n) is 3.59. The van der Waals surface area contributed by atoms with Crippen LogP contribution in [0.1, 0.15) is 60.5 Å². The molecule has 7 heteroatoms. The summed E-state index contributed by atoms with van der Waals surface area (Å²) in [5.74, 6) is 0.605. The van der Waals surface area contributed by atoms with Gasteiger partial charge in [0.2, 0.25) is 0 Å². The van der Waals surface area contributed by atoms with Crippen molar-refractivity contribution < 1.29 is 28.7 Å². The van der Waals surface area contributed by atoms with Gasteiger partial charge in [0.1, 0.15) is 5.75 Å². The van der Waals surface area contributed by atoms with Crippen molar-refractivity contribution in [2.45, 2.75) is 72.5 Å². The number of allylic oxidation sites excluding steroid dienone is 3. The van der Waals surface area contributed by atoms with E-state index in [1.165, 1.54) is 0 Å². The highest BCUT2D eigenvalue weighted by molar-refractivity contribution is 6.55. The van der Waals surface area contributed by atoms with Crippen LogP contribution in [-0.4, -0.2) is 42.6 Å². The average Bonchev–Trinajstić information content (AvgIpc) is 2.95. The van der Waals surface area contributed by atoms with Crippen molar-refractivity contribution in [3.05, 3.63) is 53.7 Å². The van der Waals surface area contributed by atoms with Crippen LogP contribution in [0, 0.1) is 11.8 Å². The van der Waals surface area contributed by atoms with Gasteiger partial charge in [0, 0.05) is 17.0 Å². The quantitative estimate of drug-likeness (QED) is 0.205. The van der Waals surface area contributed by atoms with Gasteiger partial charge in [-0.15, -0.1) is 0 Å². The summed E-state index contributed by atoms with van der Waals surface area (Å²) in [7, 11) is -0.659.